The summed E-state index contributed by atoms with van der Waals surface area (Å²) in [6.07, 6.45) is 3.97. The standard InChI is InChI=1S/C14H10Br2N2O/c15-8-1-2-10-11(5-8)18-7-9(16)6-12(18)13(19)17-14(10)3-4-14/h1-2,5-7H,3-4H2,(H,17,19). The molecule has 2 aromatic rings. The Bertz CT molecular complexity index is 716. The van der Waals surface area contributed by atoms with Crippen LogP contribution in [0.15, 0.2) is 39.4 Å². The second-order valence-corrected chi connectivity index (χ2v) is 6.94. The van der Waals surface area contributed by atoms with Gasteiger partial charge in [0.1, 0.15) is 5.69 Å². The van der Waals surface area contributed by atoms with Crippen molar-refractivity contribution in [2.45, 2.75) is 18.4 Å². The van der Waals surface area contributed by atoms with Crippen molar-refractivity contribution < 1.29 is 4.79 Å². The lowest BCUT2D eigenvalue weighted by Crippen LogP contribution is -2.33. The van der Waals surface area contributed by atoms with Crippen LogP contribution in [0, 0.1) is 0 Å². The van der Waals surface area contributed by atoms with Gasteiger partial charge in [-0.1, -0.05) is 22.0 Å². The van der Waals surface area contributed by atoms with Crippen molar-refractivity contribution in [3.05, 3.63) is 50.7 Å². The zero-order valence-electron chi connectivity index (χ0n) is 9.91. The third-order valence-electron chi connectivity index (χ3n) is 3.86. The van der Waals surface area contributed by atoms with Gasteiger partial charge in [-0.05, 0) is 47.0 Å². The highest BCUT2D eigenvalue weighted by atomic mass is 79.9. The first-order chi connectivity index (χ1) is 9.09. The van der Waals surface area contributed by atoms with Gasteiger partial charge >= 0.3 is 0 Å². The third kappa shape index (κ3) is 1.64. The van der Waals surface area contributed by atoms with Crippen LogP contribution in [0.4, 0.5) is 0 Å². The lowest BCUT2D eigenvalue weighted by atomic mass is 10.0. The van der Waals surface area contributed by atoms with Crippen LogP contribution in [0.5, 0.6) is 0 Å². The highest BCUT2D eigenvalue weighted by Crippen LogP contribution is 2.49. The van der Waals surface area contributed by atoms with Crippen molar-refractivity contribution in [2.75, 3.05) is 0 Å². The van der Waals surface area contributed by atoms with Crippen molar-refractivity contribution in [1.29, 1.82) is 0 Å². The summed E-state index contributed by atoms with van der Waals surface area (Å²) < 4.78 is 3.90. The maximum atomic E-state index is 12.4. The molecule has 1 spiro atoms. The molecule has 1 saturated carbocycles. The molecular weight excluding hydrogens is 372 g/mol. The molecule has 0 bridgehead atoms. The fourth-order valence-electron chi connectivity index (χ4n) is 2.78. The van der Waals surface area contributed by atoms with E-state index in [1.807, 2.05) is 22.9 Å². The Morgan fingerprint density at radius 2 is 1.95 bits per heavy atom. The normalized spacial score (nSPS) is 18.5. The Labute approximate surface area is 127 Å². The fourth-order valence-corrected chi connectivity index (χ4v) is 3.55. The molecule has 1 amide bonds. The molecule has 1 aliphatic carbocycles. The monoisotopic (exact) mass is 380 g/mol. The average molecular weight is 382 g/mol. The first-order valence-electron chi connectivity index (χ1n) is 6.10. The smallest absolute Gasteiger partial charge is 0.269 e. The van der Waals surface area contributed by atoms with Gasteiger partial charge in [-0.15, -0.1) is 0 Å². The highest BCUT2D eigenvalue weighted by molar-refractivity contribution is 9.10. The minimum atomic E-state index is -0.154. The Balaban J connectivity index is 2.06. The third-order valence-corrected chi connectivity index (χ3v) is 4.78. The number of aromatic nitrogens is 1. The summed E-state index contributed by atoms with van der Waals surface area (Å²) >= 11 is 6.96. The van der Waals surface area contributed by atoms with Crippen molar-refractivity contribution in [3.8, 4) is 5.69 Å². The van der Waals surface area contributed by atoms with Crippen molar-refractivity contribution in [3.63, 3.8) is 0 Å². The van der Waals surface area contributed by atoms with Crippen LogP contribution in [-0.2, 0) is 5.54 Å². The Morgan fingerprint density at radius 3 is 2.68 bits per heavy atom. The van der Waals surface area contributed by atoms with Gasteiger partial charge in [0.15, 0.2) is 0 Å². The van der Waals surface area contributed by atoms with E-state index in [2.05, 4.69) is 49.3 Å². The van der Waals surface area contributed by atoms with Gasteiger partial charge in [-0.3, -0.25) is 4.79 Å². The van der Waals surface area contributed by atoms with Crippen LogP contribution in [-0.4, -0.2) is 10.5 Å². The molecule has 0 atom stereocenters. The number of halogens is 2. The van der Waals surface area contributed by atoms with Gasteiger partial charge in [0.2, 0.25) is 0 Å². The topological polar surface area (TPSA) is 34.0 Å². The number of hydrogen-bond donors (Lipinski definition) is 1. The number of rotatable bonds is 0. The highest BCUT2D eigenvalue weighted by Gasteiger charge is 2.49. The van der Waals surface area contributed by atoms with Crippen molar-refractivity contribution >= 4 is 37.8 Å². The number of fused-ring (bicyclic) bond motifs is 4. The van der Waals surface area contributed by atoms with Gasteiger partial charge in [0, 0.05) is 20.7 Å². The van der Waals surface area contributed by atoms with Crippen LogP contribution in [0.3, 0.4) is 0 Å². The second kappa shape index (κ2) is 3.73. The Kier molecular flexibility index (Phi) is 2.30. The molecule has 19 heavy (non-hydrogen) atoms. The molecule has 3 nitrogen and oxygen atoms in total. The van der Waals surface area contributed by atoms with Crippen molar-refractivity contribution in [1.82, 2.24) is 9.88 Å². The largest absolute Gasteiger partial charge is 0.341 e. The maximum absolute atomic E-state index is 12.4. The van der Waals surface area contributed by atoms with Gasteiger partial charge < -0.3 is 9.88 Å². The van der Waals surface area contributed by atoms with Crippen LogP contribution in [0.2, 0.25) is 0 Å². The number of amides is 1. The summed E-state index contributed by atoms with van der Waals surface area (Å²) in [4.78, 5) is 12.4. The van der Waals surface area contributed by atoms with E-state index >= 15 is 0 Å². The van der Waals surface area contributed by atoms with E-state index in [-0.39, 0.29) is 11.4 Å². The van der Waals surface area contributed by atoms with Gasteiger partial charge in [-0.25, -0.2) is 0 Å². The van der Waals surface area contributed by atoms with E-state index in [1.54, 1.807) is 0 Å². The Morgan fingerprint density at radius 1 is 1.16 bits per heavy atom. The summed E-state index contributed by atoms with van der Waals surface area (Å²) in [6.45, 7) is 0. The van der Waals surface area contributed by atoms with Gasteiger partial charge in [-0.2, -0.15) is 0 Å². The SMILES string of the molecule is O=C1NC2(CC2)c2ccc(Br)cc2-n2cc(Br)cc21. The van der Waals surface area contributed by atoms with E-state index in [1.165, 1.54) is 5.56 Å². The molecule has 4 rings (SSSR count). The molecular formula is C14H10Br2N2O. The summed E-state index contributed by atoms with van der Waals surface area (Å²) in [5, 5.41) is 3.18. The van der Waals surface area contributed by atoms with Crippen LogP contribution >= 0.6 is 31.9 Å². The van der Waals surface area contributed by atoms with Gasteiger partial charge in [0.25, 0.3) is 5.91 Å². The number of hydrogen-bond acceptors (Lipinski definition) is 1. The van der Waals surface area contributed by atoms with E-state index in [0.29, 0.717) is 5.69 Å². The molecule has 0 saturated heterocycles. The predicted octanol–water partition coefficient (Wildman–Crippen LogP) is 3.73. The lowest BCUT2D eigenvalue weighted by molar-refractivity contribution is 0.0927. The predicted molar refractivity (Wildman–Crippen MR) is 79.5 cm³/mol. The number of nitrogens with one attached hydrogen (secondary N) is 1. The molecule has 5 heteroatoms. The first kappa shape index (κ1) is 11.7. The summed E-state index contributed by atoms with van der Waals surface area (Å²) in [6, 6.07) is 8.08. The van der Waals surface area contributed by atoms with Crippen LogP contribution in [0.25, 0.3) is 5.69 Å². The number of carbonyl (C=O) groups excluding carboxylic acids is 1. The zero-order chi connectivity index (χ0) is 13.2. The maximum Gasteiger partial charge on any atom is 0.269 e. The number of carbonyl (C=O) groups is 1. The minimum absolute atomic E-state index is 0.00415. The summed E-state index contributed by atoms with van der Waals surface area (Å²) in [5.41, 5.74) is 2.80. The Hall–Kier alpha value is -1.07. The number of nitrogens with zero attached hydrogens (tertiary/aromatic N) is 1. The molecule has 1 aromatic heterocycles. The quantitative estimate of drug-likeness (QED) is 0.741. The summed E-state index contributed by atoms with van der Waals surface area (Å²) in [7, 11) is 0. The molecule has 1 N–H and O–H groups in total. The van der Waals surface area contributed by atoms with E-state index in [4.69, 9.17) is 0 Å². The van der Waals surface area contributed by atoms with E-state index in [0.717, 1.165) is 27.5 Å². The van der Waals surface area contributed by atoms with E-state index in [9.17, 15) is 4.79 Å². The fraction of sp³-hybridized carbons (Fsp3) is 0.214. The molecule has 2 heterocycles. The van der Waals surface area contributed by atoms with Crippen LogP contribution < -0.4 is 5.32 Å². The first-order valence-corrected chi connectivity index (χ1v) is 7.68. The molecule has 1 aromatic carbocycles. The molecule has 1 aliphatic heterocycles. The molecule has 0 radical (unpaired) electrons. The van der Waals surface area contributed by atoms with Crippen LogP contribution in [0.1, 0.15) is 28.9 Å². The minimum Gasteiger partial charge on any atom is -0.341 e. The van der Waals surface area contributed by atoms with Crippen molar-refractivity contribution in [2.24, 2.45) is 0 Å². The molecule has 1 fully saturated rings. The molecule has 2 aliphatic rings. The van der Waals surface area contributed by atoms with E-state index < -0.39 is 0 Å². The molecule has 96 valence electrons. The lowest BCUT2D eigenvalue weighted by Gasteiger charge is -2.17. The number of benzene rings is 1. The summed E-state index contributed by atoms with van der Waals surface area (Å²) in [5.74, 6) is -0.00415. The second-order valence-electron chi connectivity index (χ2n) is 5.11. The molecule has 0 unspecified atom stereocenters. The van der Waals surface area contributed by atoms with Gasteiger partial charge in [0.05, 0.1) is 11.2 Å². The zero-order valence-corrected chi connectivity index (χ0v) is 13.1. The average Bonchev–Trinajstić information content (AvgIpc) is 3.04.